The summed E-state index contributed by atoms with van der Waals surface area (Å²) < 4.78 is 212. The molecule has 9 fully saturated rings. The summed E-state index contributed by atoms with van der Waals surface area (Å²) in [5.74, 6) is -12.0. The molecule has 135 heavy (non-hydrogen) atoms. The molecule has 6 bridgehead atoms. The van der Waals surface area contributed by atoms with Crippen LogP contribution in [0.5, 0.6) is 0 Å². The summed E-state index contributed by atoms with van der Waals surface area (Å²) in [5.41, 5.74) is 0. The molecule has 9 aromatic rings. The number of fused-ring (bicyclic) bond motifs is 3. The Labute approximate surface area is 790 Å². The first-order valence-corrected chi connectivity index (χ1v) is 51.0. The van der Waals surface area contributed by atoms with Gasteiger partial charge in [0.2, 0.25) is 0 Å². The fourth-order valence-corrected chi connectivity index (χ4v) is 29.0. The topological polar surface area (TPSA) is 431 Å². The van der Waals surface area contributed by atoms with Crippen molar-refractivity contribution in [1.29, 1.82) is 0 Å². The summed E-state index contributed by atoms with van der Waals surface area (Å²) in [5, 5.41) is 21.0. The lowest BCUT2D eigenvalue weighted by molar-refractivity contribution is -0.777. The van der Waals surface area contributed by atoms with Gasteiger partial charge >= 0.3 is 51.6 Å². The van der Waals surface area contributed by atoms with Gasteiger partial charge in [0.05, 0.1) is 56.9 Å². The van der Waals surface area contributed by atoms with Crippen LogP contribution in [0.4, 0.5) is 26.3 Å². The van der Waals surface area contributed by atoms with Crippen LogP contribution in [-0.4, -0.2) is 175 Å². The molecule has 9 aliphatic rings. The van der Waals surface area contributed by atoms with Crippen LogP contribution in [0.3, 0.4) is 0 Å². The minimum absolute atomic E-state index is 0.0146. The van der Waals surface area contributed by atoms with Crippen LogP contribution in [0.2, 0.25) is 0 Å². The number of alkyl halides is 6. The molecule has 47 heteroatoms. The van der Waals surface area contributed by atoms with Crippen molar-refractivity contribution in [2.45, 2.75) is 144 Å². The van der Waals surface area contributed by atoms with Gasteiger partial charge in [-0.15, -0.1) is 0 Å². The lowest BCUT2D eigenvalue weighted by Crippen LogP contribution is -2.41. The first-order chi connectivity index (χ1) is 64.9. The Hall–Kier alpha value is -9.23. The molecule has 32 nitrogen and oxygen atoms in total. The number of rotatable bonds is 33. The summed E-state index contributed by atoms with van der Waals surface area (Å²) in [7, 11) is -11.6. The van der Waals surface area contributed by atoms with Gasteiger partial charge in [0.15, 0.2) is 44.1 Å². The molecule has 15 unspecified atom stereocenters. The number of halogens is 6. The molecule has 2 saturated carbocycles. The summed E-state index contributed by atoms with van der Waals surface area (Å²) in [6, 6.07) is 96.5. The van der Waals surface area contributed by atoms with Crippen molar-refractivity contribution in [3.8, 4) is 0 Å². The molecule has 0 N–H and O–H groups in total. The molecular weight excluding hydrogens is 1970 g/mol. The highest BCUT2D eigenvalue weighted by Crippen LogP contribution is 2.58. The molecule has 7 heterocycles. The Bertz CT molecular complexity index is 5080. The zero-order valence-corrected chi connectivity index (χ0v) is 77.1. The summed E-state index contributed by atoms with van der Waals surface area (Å²) in [4.78, 5) is 81.9. The first-order valence-electron chi connectivity index (χ1n) is 40.7. The number of benzene rings is 9. The second-order valence-corrected chi connectivity index (χ2v) is 43.6. The fourth-order valence-electron chi connectivity index (χ4n) is 16.3. The van der Waals surface area contributed by atoms with Crippen molar-refractivity contribution in [2.75, 3.05) is 39.6 Å². The zero-order valence-electron chi connectivity index (χ0n) is 69.7. The average Bonchev–Trinajstić information content (AvgIpc) is 1.56. The van der Waals surface area contributed by atoms with Gasteiger partial charge in [-0.3, -0.25) is 42.0 Å². The van der Waals surface area contributed by atoms with E-state index in [4.69, 9.17) is 36.2 Å². The van der Waals surface area contributed by atoms with E-state index in [0.717, 1.165) is 0 Å². The van der Waals surface area contributed by atoms with E-state index in [-0.39, 0.29) is 63.5 Å². The van der Waals surface area contributed by atoms with Crippen LogP contribution in [-0.2, 0) is 170 Å². The third kappa shape index (κ3) is 25.8. The lowest BCUT2D eigenvalue weighted by atomic mass is 9.86. The van der Waals surface area contributed by atoms with E-state index in [1.165, 1.54) is 44.1 Å². The monoisotopic (exact) mass is 2050 g/mol. The van der Waals surface area contributed by atoms with Crippen molar-refractivity contribution >= 4 is 135 Å². The molecular formula is C88H80F6O32S9. The second-order valence-electron chi connectivity index (χ2n) is 29.9. The van der Waals surface area contributed by atoms with Gasteiger partial charge in [-0.2, -0.15) is 64.6 Å². The molecule has 18 rings (SSSR count). The van der Waals surface area contributed by atoms with Crippen molar-refractivity contribution in [3.63, 3.8) is 0 Å². The lowest BCUT2D eigenvalue weighted by Gasteiger charge is -2.23. The van der Waals surface area contributed by atoms with Gasteiger partial charge in [0.25, 0.3) is 30.4 Å². The Morgan fingerprint density at radius 3 is 0.904 bits per heavy atom. The van der Waals surface area contributed by atoms with Crippen molar-refractivity contribution < 1.29 is 175 Å². The Morgan fingerprint density at radius 2 is 0.585 bits per heavy atom. The Morgan fingerprint density at radius 1 is 0.311 bits per heavy atom. The predicted molar refractivity (Wildman–Crippen MR) is 460 cm³/mol. The van der Waals surface area contributed by atoms with E-state index in [9.17, 15) is 96.1 Å². The number of hydrogen-bond acceptors (Lipinski definition) is 35. The SMILES string of the molecule is O=C(OCCOC(=O)C(F)(F)SOO[O-])C1C2CC3C(O2)C1OS3(=O)=O.O=C(OCCOC(=O)C(F)(F)SOO[O-])C1C2CC3OS(=O)(=O)C1C3C2.O=C(OCCOC(=O)C(F)(F)SOO[O-])C1C2CC3OS(=O)(=O)C1C3O2.c1ccc([S+](c2ccccc2)c2ccccc2)cc1.c1ccc([S+](c2ccccc2)c2ccccc2)cc1.c1ccc([S+](c2ccccc2)c2ccccc2)cc1. The van der Waals surface area contributed by atoms with Gasteiger partial charge in [-0.1, -0.05) is 164 Å². The van der Waals surface area contributed by atoms with Crippen molar-refractivity contribution in [1.82, 2.24) is 0 Å². The molecule has 15 atom stereocenters. The third-order valence-electron chi connectivity index (χ3n) is 21.7. The molecule has 9 aromatic carbocycles. The number of carbonyl (C=O) groups is 6. The van der Waals surface area contributed by atoms with E-state index >= 15 is 0 Å². The quantitative estimate of drug-likeness (QED) is 0.00424. The van der Waals surface area contributed by atoms with Crippen LogP contribution in [0.15, 0.2) is 317 Å². The minimum Gasteiger partial charge on any atom is -0.691 e. The maximum absolute atomic E-state index is 13.1. The summed E-state index contributed by atoms with van der Waals surface area (Å²) in [6.45, 7) is -3.79. The number of hydrogen-bond donors (Lipinski definition) is 0. The molecule has 2 aliphatic carbocycles. The number of carbonyl (C=O) groups excluding carboxylic acids is 6. The fraction of sp³-hybridized carbons (Fsp3) is 0.318. The van der Waals surface area contributed by atoms with Crippen LogP contribution in [0, 0.1) is 29.6 Å². The molecule has 7 aliphatic heterocycles. The molecule has 0 aromatic heterocycles. The van der Waals surface area contributed by atoms with E-state index in [0.29, 0.717) is 12.8 Å². The predicted octanol–water partition coefficient (Wildman–Crippen LogP) is 10.5. The molecule has 0 spiro atoms. The van der Waals surface area contributed by atoms with Crippen LogP contribution in [0.25, 0.3) is 0 Å². The van der Waals surface area contributed by atoms with E-state index in [1.807, 2.05) is 0 Å². The maximum Gasteiger partial charge on any atom is 0.415 e. The minimum atomic E-state index is -4.21. The summed E-state index contributed by atoms with van der Waals surface area (Å²) >= 11 is -2.56. The third-order valence-corrected chi connectivity index (χ3v) is 35.1. The Balaban J connectivity index is 0.000000138. The number of ether oxygens (including phenoxy) is 8. The highest BCUT2D eigenvalue weighted by Gasteiger charge is 2.70. The van der Waals surface area contributed by atoms with Crippen LogP contribution in [0.1, 0.15) is 25.7 Å². The molecule has 0 amide bonds. The van der Waals surface area contributed by atoms with Gasteiger partial charge in [0.1, 0.15) is 128 Å². The zero-order chi connectivity index (χ0) is 96.1. The maximum atomic E-state index is 13.1. The van der Waals surface area contributed by atoms with Gasteiger partial charge < -0.3 is 53.7 Å². The normalized spacial score (nSPS) is 24.1. The van der Waals surface area contributed by atoms with Gasteiger partial charge in [0, 0.05) is 12.3 Å². The molecule has 7 saturated heterocycles. The smallest absolute Gasteiger partial charge is 0.415 e. The van der Waals surface area contributed by atoms with E-state index < -0.39 is 228 Å². The second kappa shape index (κ2) is 47.4. The Kier molecular flexibility index (Phi) is 36.2. The highest BCUT2D eigenvalue weighted by atomic mass is 32.2. The van der Waals surface area contributed by atoms with E-state index in [2.05, 4.69) is 315 Å². The highest BCUT2D eigenvalue weighted by molar-refractivity contribution is 7.98. The largest absolute Gasteiger partial charge is 0.691 e. The average molecular weight is 2050 g/mol. The first kappa shape index (κ1) is 103. The van der Waals surface area contributed by atoms with Crippen molar-refractivity contribution in [2.24, 2.45) is 29.6 Å². The van der Waals surface area contributed by atoms with Crippen molar-refractivity contribution in [3.05, 3.63) is 273 Å². The summed E-state index contributed by atoms with van der Waals surface area (Å²) in [6.07, 6.45) is -3.49. The van der Waals surface area contributed by atoms with Crippen LogP contribution >= 0.6 is 36.1 Å². The molecule has 720 valence electrons. The molecule has 0 radical (unpaired) electrons. The van der Waals surface area contributed by atoms with Gasteiger partial charge in [-0.05, 0) is 134 Å². The van der Waals surface area contributed by atoms with Crippen LogP contribution < -0.4 is 15.8 Å². The standard InChI is InChI=1S/3C18H15S.C12H14F2O10S2.2C11H12F2O11S2/c3*1-4-10-16(11-5-1)19(17-12-6-2-7-13-17)18-14-8-3-9-15-18;13-12(14,25-24-23-17)11(16)21-2-1-20-10(15)8-5-3-6-7(4-5)22-26(18,19)9(6)8;12-11(13,25-24-23-16)10(15)20-2-1-19-9(14)6-4-3-5-7(21-4)8(6)22-26(5,17)18;12-11(13,25-24-23-16)10(15)20-2-1-19-9(14)6-4-3-5-7(21-4)8(6)26(17,18)22-5/h3*1-15H;5-9,17H,1-4H2;2*4-8,16H,1-3H2/q3*+1;;;/p-3. The number of esters is 6. The van der Waals surface area contributed by atoms with Gasteiger partial charge in [-0.25, -0.2) is 14.4 Å². The van der Waals surface area contributed by atoms with E-state index in [1.54, 1.807) is 0 Å².